The summed E-state index contributed by atoms with van der Waals surface area (Å²) in [5.74, 6) is 0.528. The highest BCUT2D eigenvalue weighted by molar-refractivity contribution is 6.04. The molecule has 4 N–H and O–H groups in total. The number of anilines is 1. The Labute approximate surface area is 123 Å². The number of ether oxygens (including phenoxy) is 1. The van der Waals surface area contributed by atoms with Crippen molar-refractivity contribution in [3.8, 4) is 11.5 Å². The lowest BCUT2D eigenvalue weighted by molar-refractivity contribution is 0.102. The normalized spacial score (nSPS) is 10.2. The number of aromatic hydroxyl groups is 1. The maximum atomic E-state index is 12.1. The molecule has 0 saturated heterocycles. The number of nitrogens with one attached hydrogen (secondary N) is 1. The second-order valence-electron chi connectivity index (χ2n) is 4.62. The molecule has 0 fully saturated rings. The summed E-state index contributed by atoms with van der Waals surface area (Å²) >= 11 is 0. The Morgan fingerprint density at radius 2 is 1.95 bits per heavy atom. The highest BCUT2D eigenvalue weighted by atomic mass is 16.5. The average Bonchev–Trinajstić information content (AvgIpc) is 2.49. The van der Waals surface area contributed by atoms with Crippen LogP contribution in [-0.4, -0.2) is 24.2 Å². The third-order valence-corrected chi connectivity index (χ3v) is 2.97. The number of phenolic OH excluding ortho intramolecular Hbond substituents is 1. The van der Waals surface area contributed by atoms with Crippen LogP contribution in [0.15, 0.2) is 42.5 Å². The predicted molar refractivity (Wildman–Crippen MR) is 81.8 cm³/mol. The summed E-state index contributed by atoms with van der Waals surface area (Å²) in [5, 5.41) is 12.4. The molecule has 2 aromatic rings. The lowest BCUT2D eigenvalue weighted by atomic mass is 10.1. The molecule has 21 heavy (non-hydrogen) atoms. The number of hydrogen-bond donors (Lipinski definition) is 3. The zero-order valence-corrected chi connectivity index (χ0v) is 11.8. The van der Waals surface area contributed by atoms with Crippen molar-refractivity contribution >= 4 is 11.6 Å². The number of carbonyl (C=O) groups excluding carboxylic acids is 1. The smallest absolute Gasteiger partial charge is 0.255 e. The predicted octanol–water partition coefficient (Wildman–Crippen LogP) is 2.29. The van der Waals surface area contributed by atoms with E-state index in [9.17, 15) is 9.90 Å². The number of rotatable bonds is 5. The van der Waals surface area contributed by atoms with Gasteiger partial charge in [-0.15, -0.1) is 0 Å². The third kappa shape index (κ3) is 3.97. The van der Waals surface area contributed by atoms with Crippen molar-refractivity contribution in [2.75, 3.05) is 18.5 Å². The van der Waals surface area contributed by atoms with Gasteiger partial charge in [0.2, 0.25) is 0 Å². The van der Waals surface area contributed by atoms with Gasteiger partial charge in [0, 0.05) is 17.8 Å². The van der Waals surface area contributed by atoms with Crippen molar-refractivity contribution in [3.63, 3.8) is 0 Å². The van der Waals surface area contributed by atoms with Crippen LogP contribution in [0.1, 0.15) is 15.9 Å². The van der Waals surface area contributed by atoms with Crippen LogP contribution in [0.3, 0.4) is 0 Å². The van der Waals surface area contributed by atoms with Crippen LogP contribution in [0.5, 0.6) is 11.5 Å². The molecule has 0 bridgehead atoms. The Bertz CT molecular complexity index is 624. The first-order valence-corrected chi connectivity index (χ1v) is 6.64. The van der Waals surface area contributed by atoms with E-state index in [0.717, 1.165) is 5.56 Å². The molecular weight excluding hydrogens is 268 g/mol. The Morgan fingerprint density at radius 3 is 2.57 bits per heavy atom. The quantitative estimate of drug-likeness (QED) is 0.787. The fraction of sp³-hybridized carbons (Fsp3) is 0.188. The maximum Gasteiger partial charge on any atom is 0.255 e. The van der Waals surface area contributed by atoms with Crippen LogP contribution >= 0.6 is 0 Å². The van der Waals surface area contributed by atoms with Crippen molar-refractivity contribution in [1.82, 2.24) is 0 Å². The Hall–Kier alpha value is -2.53. The van der Waals surface area contributed by atoms with Crippen LogP contribution < -0.4 is 15.8 Å². The Kier molecular flexibility index (Phi) is 4.79. The first-order chi connectivity index (χ1) is 10.1. The number of benzene rings is 2. The lowest BCUT2D eigenvalue weighted by Gasteiger charge is -2.08. The van der Waals surface area contributed by atoms with Gasteiger partial charge in [-0.2, -0.15) is 0 Å². The summed E-state index contributed by atoms with van der Waals surface area (Å²) in [5.41, 5.74) is 7.14. The van der Waals surface area contributed by atoms with Gasteiger partial charge in [-0.3, -0.25) is 4.79 Å². The van der Waals surface area contributed by atoms with Crippen molar-refractivity contribution in [1.29, 1.82) is 0 Å². The number of amides is 1. The number of aryl methyl sites for hydroxylation is 1. The molecule has 2 rings (SSSR count). The van der Waals surface area contributed by atoms with Gasteiger partial charge in [-0.05, 0) is 48.9 Å². The second kappa shape index (κ2) is 6.76. The van der Waals surface area contributed by atoms with Crippen molar-refractivity contribution in [3.05, 3.63) is 53.6 Å². The van der Waals surface area contributed by atoms with Crippen molar-refractivity contribution < 1.29 is 14.6 Å². The number of carbonyl (C=O) groups is 1. The van der Waals surface area contributed by atoms with E-state index in [1.807, 2.05) is 0 Å². The fourth-order valence-electron chi connectivity index (χ4n) is 1.77. The molecule has 0 aliphatic carbocycles. The molecule has 5 heteroatoms. The molecule has 110 valence electrons. The SMILES string of the molecule is Cc1ccc(C(=O)Nc2ccc(OCCN)cc2)cc1O. The fourth-order valence-corrected chi connectivity index (χ4v) is 1.77. The summed E-state index contributed by atoms with van der Waals surface area (Å²) in [7, 11) is 0. The largest absolute Gasteiger partial charge is 0.508 e. The minimum Gasteiger partial charge on any atom is -0.508 e. The molecule has 0 aliphatic rings. The van der Waals surface area contributed by atoms with Gasteiger partial charge in [0.05, 0.1) is 0 Å². The van der Waals surface area contributed by atoms with E-state index < -0.39 is 0 Å². The van der Waals surface area contributed by atoms with Gasteiger partial charge in [0.25, 0.3) is 5.91 Å². The maximum absolute atomic E-state index is 12.1. The molecule has 0 spiro atoms. The summed E-state index contributed by atoms with van der Waals surface area (Å²) in [6.45, 7) is 2.68. The summed E-state index contributed by atoms with van der Waals surface area (Å²) in [6.07, 6.45) is 0. The zero-order valence-electron chi connectivity index (χ0n) is 11.8. The summed E-state index contributed by atoms with van der Waals surface area (Å²) < 4.78 is 5.36. The molecule has 5 nitrogen and oxygen atoms in total. The monoisotopic (exact) mass is 286 g/mol. The highest BCUT2D eigenvalue weighted by Crippen LogP contribution is 2.20. The highest BCUT2D eigenvalue weighted by Gasteiger charge is 2.08. The van der Waals surface area contributed by atoms with Gasteiger partial charge < -0.3 is 20.9 Å². The van der Waals surface area contributed by atoms with Gasteiger partial charge in [-0.25, -0.2) is 0 Å². The Balaban J connectivity index is 2.03. The number of phenols is 1. The minimum absolute atomic E-state index is 0.105. The topological polar surface area (TPSA) is 84.6 Å². The van der Waals surface area contributed by atoms with E-state index in [0.29, 0.717) is 30.2 Å². The zero-order chi connectivity index (χ0) is 15.2. The van der Waals surface area contributed by atoms with E-state index in [1.54, 1.807) is 43.3 Å². The van der Waals surface area contributed by atoms with Crippen LogP contribution in [-0.2, 0) is 0 Å². The molecule has 0 unspecified atom stereocenters. The lowest BCUT2D eigenvalue weighted by Crippen LogP contribution is -2.12. The van der Waals surface area contributed by atoms with Crippen molar-refractivity contribution in [2.45, 2.75) is 6.92 Å². The van der Waals surface area contributed by atoms with Gasteiger partial charge in [0.1, 0.15) is 18.1 Å². The van der Waals surface area contributed by atoms with Gasteiger partial charge in [-0.1, -0.05) is 6.07 Å². The first-order valence-electron chi connectivity index (χ1n) is 6.64. The molecule has 0 radical (unpaired) electrons. The Morgan fingerprint density at radius 1 is 1.24 bits per heavy atom. The molecule has 0 aromatic heterocycles. The molecule has 1 amide bonds. The molecule has 0 saturated carbocycles. The van der Waals surface area contributed by atoms with E-state index in [4.69, 9.17) is 10.5 Å². The average molecular weight is 286 g/mol. The summed E-state index contributed by atoms with van der Waals surface area (Å²) in [6, 6.07) is 11.8. The van der Waals surface area contributed by atoms with E-state index >= 15 is 0 Å². The van der Waals surface area contributed by atoms with E-state index in [2.05, 4.69) is 5.32 Å². The first kappa shape index (κ1) is 14.9. The molecular formula is C16H18N2O3. The summed E-state index contributed by atoms with van der Waals surface area (Å²) in [4.78, 5) is 12.1. The molecule has 0 heterocycles. The number of nitrogens with two attached hydrogens (primary N) is 1. The standard InChI is InChI=1S/C16H18N2O3/c1-11-2-3-12(10-15(11)19)16(20)18-13-4-6-14(7-5-13)21-9-8-17/h2-7,10,19H,8-9,17H2,1H3,(H,18,20). The van der Waals surface area contributed by atoms with Gasteiger partial charge in [0.15, 0.2) is 0 Å². The molecule has 0 aliphatic heterocycles. The van der Waals surface area contributed by atoms with Crippen LogP contribution in [0.25, 0.3) is 0 Å². The van der Waals surface area contributed by atoms with Crippen LogP contribution in [0, 0.1) is 6.92 Å². The number of hydrogen-bond acceptors (Lipinski definition) is 4. The second-order valence-corrected chi connectivity index (χ2v) is 4.62. The van der Waals surface area contributed by atoms with Crippen molar-refractivity contribution in [2.24, 2.45) is 5.73 Å². The third-order valence-electron chi connectivity index (χ3n) is 2.97. The van der Waals surface area contributed by atoms with Crippen LogP contribution in [0.2, 0.25) is 0 Å². The minimum atomic E-state index is -0.277. The molecule has 0 atom stereocenters. The van der Waals surface area contributed by atoms with Gasteiger partial charge >= 0.3 is 0 Å². The molecule has 2 aromatic carbocycles. The van der Waals surface area contributed by atoms with E-state index in [-0.39, 0.29) is 11.7 Å². The van der Waals surface area contributed by atoms with Crippen LogP contribution in [0.4, 0.5) is 5.69 Å². The van der Waals surface area contributed by atoms with E-state index in [1.165, 1.54) is 6.07 Å².